The Labute approximate surface area is 179 Å². The van der Waals surface area contributed by atoms with Crippen LogP contribution in [0.4, 0.5) is 5.82 Å². The Hall–Kier alpha value is -3.56. The second kappa shape index (κ2) is 8.66. The van der Waals surface area contributed by atoms with Gasteiger partial charge in [0.25, 0.3) is 5.56 Å². The second-order valence-corrected chi connectivity index (χ2v) is 7.83. The van der Waals surface area contributed by atoms with Crippen molar-refractivity contribution >= 4 is 11.7 Å². The second-order valence-electron chi connectivity index (χ2n) is 7.83. The van der Waals surface area contributed by atoms with Gasteiger partial charge in [-0.05, 0) is 39.7 Å². The number of aromatic nitrogens is 6. The number of nitrogens with one attached hydrogen (secondary N) is 2. The quantitative estimate of drug-likeness (QED) is 0.524. The molecule has 1 fully saturated rings. The van der Waals surface area contributed by atoms with Gasteiger partial charge < -0.3 is 10.6 Å². The third kappa shape index (κ3) is 5.14. The van der Waals surface area contributed by atoms with Gasteiger partial charge in [-0.1, -0.05) is 0 Å². The highest BCUT2D eigenvalue weighted by molar-refractivity contribution is 5.75. The van der Waals surface area contributed by atoms with E-state index < -0.39 is 0 Å². The maximum atomic E-state index is 12.2. The van der Waals surface area contributed by atoms with E-state index in [-0.39, 0.29) is 18.0 Å². The van der Waals surface area contributed by atoms with Crippen molar-refractivity contribution < 1.29 is 4.79 Å². The molecule has 0 unspecified atom stereocenters. The monoisotopic (exact) mass is 422 g/mol. The number of carbonyl (C=O) groups excluding carboxylic acids is 1. The lowest BCUT2D eigenvalue weighted by atomic mass is 10.3. The van der Waals surface area contributed by atoms with Gasteiger partial charge >= 0.3 is 0 Å². The Balaban J connectivity index is 1.29. The van der Waals surface area contributed by atoms with Crippen LogP contribution in [-0.2, 0) is 11.3 Å². The molecule has 31 heavy (non-hydrogen) atoms. The molecule has 0 saturated heterocycles. The fourth-order valence-corrected chi connectivity index (χ4v) is 3.38. The zero-order valence-corrected chi connectivity index (χ0v) is 17.9. The molecule has 10 nitrogen and oxygen atoms in total. The molecule has 4 rings (SSSR count). The average Bonchev–Trinajstić information content (AvgIpc) is 3.50. The Morgan fingerprint density at radius 2 is 1.94 bits per heavy atom. The summed E-state index contributed by atoms with van der Waals surface area (Å²) in [6, 6.07) is 5.34. The van der Waals surface area contributed by atoms with Crippen LogP contribution in [0.25, 0.3) is 5.82 Å². The first-order valence-electron chi connectivity index (χ1n) is 10.4. The van der Waals surface area contributed by atoms with Crippen LogP contribution in [0.3, 0.4) is 0 Å². The first-order chi connectivity index (χ1) is 14.9. The zero-order chi connectivity index (χ0) is 22.0. The number of rotatable bonds is 8. The maximum Gasteiger partial charge on any atom is 0.254 e. The number of anilines is 1. The van der Waals surface area contributed by atoms with Crippen LogP contribution in [-0.4, -0.2) is 48.3 Å². The van der Waals surface area contributed by atoms with Crippen molar-refractivity contribution in [2.45, 2.75) is 46.1 Å². The van der Waals surface area contributed by atoms with Crippen LogP contribution in [0, 0.1) is 20.8 Å². The van der Waals surface area contributed by atoms with Crippen molar-refractivity contribution in [1.29, 1.82) is 0 Å². The Kier molecular flexibility index (Phi) is 5.79. The summed E-state index contributed by atoms with van der Waals surface area (Å²) in [5.74, 6) is 2.13. The van der Waals surface area contributed by atoms with Gasteiger partial charge in [0.05, 0.1) is 17.7 Å². The maximum absolute atomic E-state index is 12.2. The van der Waals surface area contributed by atoms with Gasteiger partial charge in [-0.3, -0.25) is 14.2 Å². The summed E-state index contributed by atoms with van der Waals surface area (Å²) < 4.78 is 3.10. The predicted molar refractivity (Wildman–Crippen MR) is 115 cm³/mol. The van der Waals surface area contributed by atoms with E-state index in [2.05, 4.69) is 30.7 Å². The molecule has 162 valence electrons. The van der Waals surface area contributed by atoms with E-state index in [1.807, 2.05) is 32.9 Å². The lowest BCUT2D eigenvalue weighted by Gasteiger charge is -2.11. The average molecular weight is 422 g/mol. The summed E-state index contributed by atoms with van der Waals surface area (Å²) in [7, 11) is 0. The normalized spacial score (nSPS) is 13.3. The van der Waals surface area contributed by atoms with Gasteiger partial charge in [-0.2, -0.15) is 5.10 Å². The van der Waals surface area contributed by atoms with E-state index in [0.717, 1.165) is 29.9 Å². The highest BCUT2D eigenvalue weighted by Crippen LogP contribution is 2.38. The first kappa shape index (κ1) is 20.7. The number of hydrogen-bond acceptors (Lipinski definition) is 7. The lowest BCUT2D eigenvalue weighted by molar-refractivity contribution is -0.121. The van der Waals surface area contributed by atoms with Crippen LogP contribution in [0.2, 0.25) is 0 Å². The van der Waals surface area contributed by atoms with Gasteiger partial charge in [-0.25, -0.2) is 19.6 Å². The van der Waals surface area contributed by atoms with E-state index >= 15 is 0 Å². The summed E-state index contributed by atoms with van der Waals surface area (Å²) in [4.78, 5) is 37.4. The predicted octanol–water partition coefficient (Wildman–Crippen LogP) is 1.25. The van der Waals surface area contributed by atoms with E-state index in [1.165, 1.54) is 17.0 Å². The van der Waals surface area contributed by atoms with E-state index in [1.54, 1.807) is 4.68 Å². The summed E-state index contributed by atoms with van der Waals surface area (Å²) in [6.07, 6.45) is 3.62. The molecule has 0 atom stereocenters. The zero-order valence-electron chi connectivity index (χ0n) is 17.9. The molecule has 2 N–H and O–H groups in total. The Morgan fingerprint density at radius 1 is 1.13 bits per heavy atom. The number of amides is 1. The molecular formula is C21H26N8O2. The summed E-state index contributed by atoms with van der Waals surface area (Å²) in [5, 5.41) is 10.4. The molecule has 1 aliphatic rings. The van der Waals surface area contributed by atoms with Crippen LogP contribution >= 0.6 is 0 Å². The molecule has 1 aliphatic carbocycles. The number of hydrogen-bond donors (Lipinski definition) is 2. The fourth-order valence-electron chi connectivity index (χ4n) is 3.38. The molecule has 3 aromatic heterocycles. The largest absolute Gasteiger partial charge is 0.368 e. The number of nitrogens with zero attached hydrogens (tertiary/aromatic N) is 6. The van der Waals surface area contributed by atoms with Crippen LogP contribution < -0.4 is 16.2 Å². The Morgan fingerprint density at radius 3 is 2.61 bits per heavy atom. The standard InChI is InChI=1S/C21H26N8O2/c1-13-8-14(2)29(27-13)19-10-18(25-15(3)26-19)22-6-7-23-20(30)11-28-12-24-17(9-21(28)31)16-4-5-16/h8-10,12,16H,4-7,11H2,1-3H3,(H,23,30)(H,22,25,26). The minimum Gasteiger partial charge on any atom is -0.368 e. The van der Waals surface area contributed by atoms with Gasteiger partial charge in [0, 0.05) is 36.8 Å². The highest BCUT2D eigenvalue weighted by atomic mass is 16.2. The van der Waals surface area contributed by atoms with Crippen LogP contribution in [0.15, 0.2) is 29.3 Å². The minimum atomic E-state index is -0.243. The van der Waals surface area contributed by atoms with Crippen LogP contribution in [0.5, 0.6) is 0 Å². The molecule has 3 heterocycles. The molecule has 0 aliphatic heterocycles. The highest BCUT2D eigenvalue weighted by Gasteiger charge is 2.25. The van der Waals surface area contributed by atoms with Crippen molar-refractivity contribution in [1.82, 2.24) is 34.6 Å². The molecule has 0 spiro atoms. The molecule has 0 radical (unpaired) electrons. The molecular weight excluding hydrogens is 396 g/mol. The SMILES string of the molecule is Cc1cc(C)n(-c2cc(NCCNC(=O)Cn3cnc(C4CC4)cc3=O)nc(C)n2)n1. The van der Waals surface area contributed by atoms with Crippen molar-refractivity contribution in [3.05, 3.63) is 57.8 Å². The summed E-state index contributed by atoms with van der Waals surface area (Å²) >= 11 is 0. The van der Waals surface area contributed by atoms with Crippen molar-refractivity contribution in [2.75, 3.05) is 18.4 Å². The van der Waals surface area contributed by atoms with Crippen LogP contribution in [0.1, 0.15) is 41.7 Å². The van der Waals surface area contributed by atoms with Gasteiger partial charge in [0.15, 0.2) is 5.82 Å². The van der Waals surface area contributed by atoms with E-state index in [4.69, 9.17) is 0 Å². The van der Waals surface area contributed by atoms with E-state index in [9.17, 15) is 9.59 Å². The first-order valence-corrected chi connectivity index (χ1v) is 10.4. The number of carbonyl (C=O) groups is 1. The third-order valence-electron chi connectivity index (χ3n) is 5.01. The lowest BCUT2D eigenvalue weighted by Crippen LogP contribution is -2.35. The third-order valence-corrected chi connectivity index (χ3v) is 5.01. The van der Waals surface area contributed by atoms with Gasteiger partial charge in [0.1, 0.15) is 18.2 Å². The molecule has 10 heteroatoms. The minimum absolute atomic E-state index is 0.0501. The smallest absolute Gasteiger partial charge is 0.254 e. The van der Waals surface area contributed by atoms with Crippen molar-refractivity contribution in [3.63, 3.8) is 0 Å². The topological polar surface area (TPSA) is 120 Å². The molecule has 0 aromatic carbocycles. The van der Waals surface area contributed by atoms with E-state index in [0.29, 0.717) is 36.5 Å². The molecule has 1 saturated carbocycles. The fraction of sp³-hybridized carbons (Fsp3) is 0.429. The van der Waals surface area contributed by atoms with Crippen molar-refractivity contribution in [2.24, 2.45) is 0 Å². The molecule has 0 bridgehead atoms. The van der Waals surface area contributed by atoms with Gasteiger partial charge in [0.2, 0.25) is 5.91 Å². The molecule has 3 aromatic rings. The number of aryl methyl sites for hydroxylation is 3. The van der Waals surface area contributed by atoms with Gasteiger partial charge in [-0.15, -0.1) is 0 Å². The molecule has 1 amide bonds. The summed E-state index contributed by atoms with van der Waals surface area (Å²) in [6.45, 7) is 6.55. The summed E-state index contributed by atoms with van der Waals surface area (Å²) in [5.41, 5.74) is 2.54. The Bertz CT molecular complexity index is 1160. The van der Waals surface area contributed by atoms with Crippen molar-refractivity contribution in [3.8, 4) is 5.82 Å².